The minimum absolute atomic E-state index is 0.0201. The second-order valence-corrected chi connectivity index (χ2v) is 11.0. The molecule has 2 heterocycles. The third-order valence-corrected chi connectivity index (χ3v) is 8.37. The minimum Gasteiger partial charge on any atom is -0.452 e. The molecule has 1 unspecified atom stereocenters. The first-order valence-corrected chi connectivity index (χ1v) is 12.4. The molecule has 2 saturated heterocycles. The second kappa shape index (κ2) is 8.96. The molecule has 0 radical (unpaired) electrons. The van der Waals surface area contributed by atoms with Crippen molar-refractivity contribution in [2.24, 2.45) is 0 Å². The number of ether oxygens (including phenoxy) is 2. The van der Waals surface area contributed by atoms with E-state index in [2.05, 4.69) is 5.32 Å². The van der Waals surface area contributed by atoms with Gasteiger partial charge in [0.1, 0.15) is 10.7 Å². The van der Waals surface area contributed by atoms with Crippen molar-refractivity contribution in [1.29, 1.82) is 0 Å². The molecule has 10 nitrogen and oxygen atoms in total. The van der Waals surface area contributed by atoms with Crippen molar-refractivity contribution in [2.45, 2.75) is 17.4 Å². The van der Waals surface area contributed by atoms with Crippen molar-refractivity contribution in [3.8, 4) is 0 Å². The van der Waals surface area contributed by atoms with Crippen molar-refractivity contribution in [3.05, 3.63) is 29.6 Å². The van der Waals surface area contributed by atoms with Crippen LogP contribution in [0.2, 0.25) is 0 Å². The Morgan fingerprint density at radius 2 is 1.97 bits per heavy atom. The van der Waals surface area contributed by atoms with Crippen LogP contribution in [0.25, 0.3) is 0 Å². The van der Waals surface area contributed by atoms with Crippen LogP contribution in [-0.4, -0.2) is 83.5 Å². The van der Waals surface area contributed by atoms with Crippen LogP contribution in [0.3, 0.4) is 0 Å². The van der Waals surface area contributed by atoms with Crippen LogP contribution in [0.1, 0.15) is 16.8 Å². The van der Waals surface area contributed by atoms with Gasteiger partial charge in [0.25, 0.3) is 5.91 Å². The highest BCUT2D eigenvalue weighted by atomic mass is 32.2. The van der Waals surface area contributed by atoms with Crippen molar-refractivity contribution in [2.75, 3.05) is 44.4 Å². The number of nitrogens with zero attached hydrogens (tertiary/aromatic N) is 1. The van der Waals surface area contributed by atoms with Gasteiger partial charge in [-0.05, 0) is 24.6 Å². The van der Waals surface area contributed by atoms with Gasteiger partial charge in [-0.2, -0.15) is 4.31 Å². The Kier molecular flexibility index (Phi) is 6.75. The molecule has 0 spiro atoms. The van der Waals surface area contributed by atoms with Gasteiger partial charge in [0.15, 0.2) is 16.4 Å². The summed E-state index contributed by atoms with van der Waals surface area (Å²) < 4.78 is 73.3. The van der Waals surface area contributed by atoms with Gasteiger partial charge in [-0.15, -0.1) is 0 Å². The number of morpholine rings is 1. The molecule has 1 aromatic rings. The minimum atomic E-state index is -4.17. The number of carbonyl (C=O) groups excluding carboxylic acids is 2. The van der Waals surface area contributed by atoms with E-state index in [9.17, 15) is 30.8 Å². The molecule has 1 atom stereocenters. The molecule has 0 aromatic heterocycles. The Bertz CT molecular complexity index is 1040. The highest BCUT2D eigenvalue weighted by molar-refractivity contribution is 7.91. The van der Waals surface area contributed by atoms with E-state index < -0.39 is 55.1 Å². The van der Waals surface area contributed by atoms with Gasteiger partial charge in [-0.25, -0.2) is 26.0 Å². The number of sulfone groups is 1. The first-order valence-electron chi connectivity index (χ1n) is 9.13. The van der Waals surface area contributed by atoms with Gasteiger partial charge in [-0.1, -0.05) is 0 Å². The molecule has 2 aliphatic heterocycles. The summed E-state index contributed by atoms with van der Waals surface area (Å²) in [4.78, 5) is 23.4. The van der Waals surface area contributed by atoms with Crippen molar-refractivity contribution < 1.29 is 40.3 Å². The molecular weight excluding hydrogens is 443 g/mol. The molecular formula is C17H21FN2O8S2. The molecule has 0 aliphatic carbocycles. The largest absolute Gasteiger partial charge is 0.452 e. The number of carbonyl (C=O) groups is 2. The van der Waals surface area contributed by atoms with E-state index in [1.54, 1.807) is 0 Å². The number of rotatable bonds is 6. The molecule has 13 heteroatoms. The Morgan fingerprint density at radius 1 is 1.27 bits per heavy atom. The number of nitrogens with one attached hydrogen (secondary N) is 1. The Hall–Kier alpha value is -2.09. The monoisotopic (exact) mass is 464 g/mol. The maximum absolute atomic E-state index is 14.2. The SMILES string of the molecule is O=C(COC(=O)c1ccc(F)c(S(=O)(=O)N2CCOCC2)c1)NC1CCS(=O)(=O)C1. The van der Waals surface area contributed by atoms with E-state index in [0.29, 0.717) is 0 Å². The van der Waals surface area contributed by atoms with Crippen LogP contribution in [0, 0.1) is 5.82 Å². The molecule has 1 amide bonds. The van der Waals surface area contributed by atoms with Gasteiger partial charge in [-0.3, -0.25) is 4.79 Å². The first kappa shape index (κ1) is 22.6. The van der Waals surface area contributed by atoms with Crippen molar-refractivity contribution >= 4 is 31.7 Å². The zero-order chi connectivity index (χ0) is 21.9. The fraction of sp³-hybridized carbons (Fsp3) is 0.529. The lowest BCUT2D eigenvalue weighted by molar-refractivity contribution is -0.124. The average molecular weight is 464 g/mol. The summed E-state index contributed by atoms with van der Waals surface area (Å²) in [6, 6.07) is 2.21. The summed E-state index contributed by atoms with van der Waals surface area (Å²) in [7, 11) is -7.35. The molecule has 1 N–H and O–H groups in total. The van der Waals surface area contributed by atoms with Gasteiger partial charge < -0.3 is 14.8 Å². The summed E-state index contributed by atoms with van der Waals surface area (Å²) in [5, 5.41) is 2.46. The van der Waals surface area contributed by atoms with Crippen LogP contribution >= 0.6 is 0 Å². The van der Waals surface area contributed by atoms with E-state index in [1.807, 2.05) is 0 Å². The molecule has 30 heavy (non-hydrogen) atoms. The maximum atomic E-state index is 14.2. The summed E-state index contributed by atoms with van der Waals surface area (Å²) >= 11 is 0. The predicted octanol–water partition coefficient (Wildman–Crippen LogP) is -0.693. The summed E-state index contributed by atoms with van der Waals surface area (Å²) in [6.45, 7) is -0.195. The van der Waals surface area contributed by atoms with E-state index in [4.69, 9.17) is 9.47 Å². The molecule has 166 valence electrons. The third kappa shape index (κ3) is 5.33. The lowest BCUT2D eigenvalue weighted by Crippen LogP contribution is -2.41. The second-order valence-electron chi connectivity index (χ2n) is 6.91. The van der Waals surface area contributed by atoms with Gasteiger partial charge in [0.2, 0.25) is 10.0 Å². The highest BCUT2D eigenvalue weighted by Crippen LogP contribution is 2.22. The predicted molar refractivity (Wildman–Crippen MR) is 101 cm³/mol. The number of hydrogen-bond acceptors (Lipinski definition) is 8. The standard InChI is InChI=1S/C17H21FN2O8S2/c18-14-2-1-12(9-15(14)30(25,26)20-4-6-27-7-5-20)17(22)28-10-16(21)19-13-3-8-29(23,24)11-13/h1-2,9,13H,3-8,10-11H2,(H,19,21). The number of esters is 1. The Balaban J connectivity index is 1.64. The van der Waals surface area contributed by atoms with Crippen molar-refractivity contribution in [1.82, 2.24) is 9.62 Å². The third-order valence-electron chi connectivity index (χ3n) is 4.69. The van der Waals surface area contributed by atoms with Crippen LogP contribution in [0.4, 0.5) is 4.39 Å². The number of sulfonamides is 1. The number of hydrogen-bond donors (Lipinski definition) is 1. The van der Waals surface area contributed by atoms with Gasteiger partial charge >= 0.3 is 5.97 Å². The topological polar surface area (TPSA) is 136 Å². The lowest BCUT2D eigenvalue weighted by Gasteiger charge is -2.26. The van der Waals surface area contributed by atoms with Crippen LogP contribution in [0.15, 0.2) is 23.1 Å². The molecule has 1 aromatic carbocycles. The quantitative estimate of drug-likeness (QED) is 0.546. The van der Waals surface area contributed by atoms with Crippen LogP contribution < -0.4 is 5.32 Å². The highest BCUT2D eigenvalue weighted by Gasteiger charge is 2.31. The van der Waals surface area contributed by atoms with Crippen molar-refractivity contribution in [3.63, 3.8) is 0 Å². The molecule has 0 saturated carbocycles. The first-order chi connectivity index (χ1) is 14.1. The lowest BCUT2D eigenvalue weighted by atomic mass is 10.2. The summed E-state index contributed by atoms with van der Waals surface area (Å²) in [5.41, 5.74) is -0.237. The molecule has 2 aliphatic rings. The van der Waals surface area contributed by atoms with E-state index >= 15 is 0 Å². The number of benzene rings is 1. The Labute approximate surface area is 173 Å². The van der Waals surface area contributed by atoms with Gasteiger partial charge in [0.05, 0.1) is 30.3 Å². The smallest absolute Gasteiger partial charge is 0.338 e. The average Bonchev–Trinajstić information content (AvgIpc) is 3.05. The maximum Gasteiger partial charge on any atom is 0.338 e. The zero-order valence-electron chi connectivity index (χ0n) is 15.9. The summed E-state index contributed by atoms with van der Waals surface area (Å²) in [6.07, 6.45) is 0.280. The molecule has 0 bridgehead atoms. The van der Waals surface area contributed by atoms with Gasteiger partial charge in [0, 0.05) is 19.1 Å². The fourth-order valence-corrected chi connectivity index (χ4v) is 6.32. The summed E-state index contributed by atoms with van der Waals surface area (Å²) in [5.74, 6) is -2.91. The Morgan fingerprint density at radius 3 is 2.60 bits per heavy atom. The molecule has 2 fully saturated rings. The number of halogens is 1. The zero-order valence-corrected chi connectivity index (χ0v) is 17.5. The normalized spacial score (nSPS) is 21.8. The fourth-order valence-electron chi connectivity index (χ4n) is 3.15. The van der Waals surface area contributed by atoms with E-state index in [-0.39, 0.29) is 49.8 Å². The van der Waals surface area contributed by atoms with Crippen LogP contribution in [-0.2, 0) is 34.1 Å². The van der Waals surface area contributed by atoms with Crippen LogP contribution in [0.5, 0.6) is 0 Å². The number of amides is 1. The van der Waals surface area contributed by atoms with E-state index in [1.165, 1.54) is 0 Å². The van der Waals surface area contributed by atoms with E-state index in [0.717, 1.165) is 22.5 Å². The molecule has 3 rings (SSSR count).